The number of nitrogens with one attached hydrogen (secondary N) is 1. The van der Waals surface area contributed by atoms with E-state index in [9.17, 15) is 24.0 Å². The largest absolute Gasteiger partial charge is 0.462 e. The van der Waals surface area contributed by atoms with Gasteiger partial charge in [0.15, 0.2) is 0 Å². The highest BCUT2D eigenvalue weighted by atomic mass is 32.2. The average Bonchev–Trinajstić information content (AvgIpc) is 3.34. The molecular weight excluding hydrogens is 538 g/mol. The fourth-order valence-corrected chi connectivity index (χ4v) is 8.00. The van der Waals surface area contributed by atoms with Gasteiger partial charge in [0.25, 0.3) is 0 Å². The molecule has 0 aliphatic carbocycles. The third-order valence-electron chi connectivity index (χ3n) is 6.98. The lowest BCUT2D eigenvalue weighted by Gasteiger charge is -2.36. The summed E-state index contributed by atoms with van der Waals surface area (Å²) in [5.74, 6) is -2.13. The van der Waals surface area contributed by atoms with Gasteiger partial charge in [-0.15, -0.1) is 0 Å². The van der Waals surface area contributed by atoms with E-state index in [0.717, 1.165) is 16.9 Å². The zero-order valence-electron chi connectivity index (χ0n) is 21.8. The molecule has 2 unspecified atom stereocenters. The van der Waals surface area contributed by atoms with Gasteiger partial charge in [-0.2, -0.15) is 0 Å². The van der Waals surface area contributed by atoms with Gasteiger partial charge in [0.1, 0.15) is 11.8 Å². The van der Waals surface area contributed by atoms with Crippen LogP contribution in [0.2, 0.25) is 0 Å². The normalized spacial score (nSPS) is 19.4. The number of hydrogen-bond donors (Lipinski definition) is 1. The Morgan fingerprint density at radius 1 is 1.00 bits per heavy atom. The zero-order valence-corrected chi connectivity index (χ0v) is 23.5. The summed E-state index contributed by atoms with van der Waals surface area (Å²) in [6.45, 7) is 7.41. The lowest BCUT2D eigenvalue weighted by atomic mass is 9.76. The van der Waals surface area contributed by atoms with Crippen LogP contribution in [0.4, 0.5) is 11.4 Å². The first-order valence-corrected chi connectivity index (χ1v) is 14.1. The summed E-state index contributed by atoms with van der Waals surface area (Å²) in [4.78, 5) is 66.5. The number of esters is 1. The number of fused-ring (bicyclic) bond motifs is 2. The van der Waals surface area contributed by atoms with Crippen molar-refractivity contribution in [2.24, 2.45) is 5.92 Å². The van der Waals surface area contributed by atoms with Crippen molar-refractivity contribution in [3.63, 3.8) is 0 Å². The number of aryl methyl sites for hydroxylation is 1. The number of carbonyl (C=O) groups excluding carboxylic acids is 4. The first kappa shape index (κ1) is 26.9. The number of hydrogen-bond acceptors (Lipinski definition) is 8. The van der Waals surface area contributed by atoms with E-state index in [4.69, 9.17) is 4.74 Å². The van der Waals surface area contributed by atoms with E-state index in [1.807, 2.05) is 32.9 Å². The third kappa shape index (κ3) is 4.70. The van der Waals surface area contributed by atoms with Gasteiger partial charge in [-0.3, -0.25) is 23.7 Å². The van der Waals surface area contributed by atoms with Crippen molar-refractivity contribution in [2.75, 3.05) is 16.8 Å². The van der Waals surface area contributed by atoms with E-state index >= 15 is 0 Å². The summed E-state index contributed by atoms with van der Waals surface area (Å²) < 4.78 is 6.34. The minimum Gasteiger partial charge on any atom is -0.462 e. The molecule has 11 heteroatoms. The molecule has 1 aromatic heterocycles. The lowest BCUT2D eigenvalue weighted by molar-refractivity contribution is -0.123. The smallest absolute Gasteiger partial charge is 0.338 e. The highest BCUT2D eigenvalue weighted by Crippen LogP contribution is 2.54. The molecule has 2 aromatic carbocycles. The number of rotatable bonds is 6. The zero-order chi connectivity index (χ0) is 28.1. The molecule has 0 saturated carbocycles. The molecule has 3 amide bonds. The van der Waals surface area contributed by atoms with Gasteiger partial charge in [0.2, 0.25) is 17.7 Å². The molecule has 0 spiro atoms. The number of ether oxygens (including phenoxy) is 1. The van der Waals surface area contributed by atoms with Gasteiger partial charge in [-0.25, -0.2) is 9.69 Å². The molecule has 1 fully saturated rings. The van der Waals surface area contributed by atoms with Crippen LogP contribution in [-0.2, 0) is 31.1 Å². The second kappa shape index (κ2) is 10.1. The van der Waals surface area contributed by atoms with Gasteiger partial charge in [-0.1, -0.05) is 54.6 Å². The van der Waals surface area contributed by atoms with Crippen LogP contribution in [0.15, 0.2) is 58.4 Å². The molecular formula is C28H27N3O6S2. The predicted molar refractivity (Wildman–Crippen MR) is 149 cm³/mol. The lowest BCUT2D eigenvalue weighted by Crippen LogP contribution is -2.41. The SMILES string of the molecule is CCOC(=O)c1ccc(NC(=O)Cn2c3c(sc2=O)C(C)(C)C2C(=O)N(c4ccc(C)cc4)C(=O)C2S3)cc1. The fraction of sp³-hybridized carbons (Fsp3) is 0.321. The molecule has 39 heavy (non-hydrogen) atoms. The molecule has 1 saturated heterocycles. The van der Waals surface area contributed by atoms with Gasteiger partial charge in [0.05, 0.1) is 28.8 Å². The number of thiazole rings is 1. The quantitative estimate of drug-likeness (QED) is 0.355. The molecule has 1 N–H and O–H groups in total. The van der Waals surface area contributed by atoms with Crippen molar-refractivity contribution in [3.8, 4) is 0 Å². The van der Waals surface area contributed by atoms with Crippen LogP contribution < -0.4 is 15.1 Å². The highest BCUT2D eigenvalue weighted by molar-refractivity contribution is 8.00. The highest BCUT2D eigenvalue weighted by Gasteiger charge is 2.59. The van der Waals surface area contributed by atoms with Gasteiger partial charge >= 0.3 is 10.8 Å². The number of imide groups is 1. The maximum Gasteiger partial charge on any atom is 0.338 e. The number of carbonyl (C=O) groups is 4. The molecule has 3 aromatic rings. The number of amides is 3. The van der Waals surface area contributed by atoms with Gasteiger partial charge < -0.3 is 10.1 Å². The Morgan fingerprint density at radius 3 is 2.31 bits per heavy atom. The Morgan fingerprint density at radius 2 is 1.67 bits per heavy atom. The van der Waals surface area contributed by atoms with Crippen LogP contribution in [0.5, 0.6) is 0 Å². The van der Waals surface area contributed by atoms with Crippen LogP contribution in [0, 0.1) is 12.8 Å². The molecule has 202 valence electrons. The van der Waals surface area contributed by atoms with Crippen LogP contribution >= 0.6 is 23.1 Å². The molecule has 0 bridgehead atoms. The summed E-state index contributed by atoms with van der Waals surface area (Å²) in [6.07, 6.45) is 0. The summed E-state index contributed by atoms with van der Waals surface area (Å²) in [5, 5.41) is 2.57. The Kier molecular flexibility index (Phi) is 6.98. The maximum atomic E-state index is 13.6. The molecule has 3 heterocycles. The number of thioether (sulfide) groups is 1. The van der Waals surface area contributed by atoms with Gasteiger partial charge in [0, 0.05) is 16.0 Å². The van der Waals surface area contributed by atoms with Crippen molar-refractivity contribution in [1.82, 2.24) is 4.57 Å². The number of anilines is 2. The summed E-state index contributed by atoms with van der Waals surface area (Å²) in [7, 11) is 0. The molecule has 2 aliphatic heterocycles. The Balaban J connectivity index is 1.39. The van der Waals surface area contributed by atoms with Crippen molar-refractivity contribution >= 4 is 58.2 Å². The minimum atomic E-state index is -0.786. The van der Waals surface area contributed by atoms with E-state index in [-0.39, 0.29) is 29.8 Å². The van der Waals surface area contributed by atoms with E-state index < -0.39 is 28.5 Å². The standard InChI is InChI=1S/C28H27N3O6S2/c1-5-37-26(35)16-8-10-17(11-9-16)29-19(32)14-30-25-22(39-27(30)36)28(3,4)20-21(38-25)24(34)31(23(20)33)18-12-6-15(2)7-13-18/h6-13,20-21H,5,14H2,1-4H3,(H,29,32). The Hall–Kier alpha value is -3.70. The number of aromatic nitrogens is 1. The monoisotopic (exact) mass is 565 g/mol. The topological polar surface area (TPSA) is 115 Å². The molecule has 2 atom stereocenters. The van der Waals surface area contributed by atoms with Crippen LogP contribution in [0.25, 0.3) is 0 Å². The predicted octanol–water partition coefficient (Wildman–Crippen LogP) is 3.98. The van der Waals surface area contributed by atoms with Crippen LogP contribution in [-0.4, -0.2) is 40.1 Å². The Bertz CT molecular complexity index is 1540. The van der Waals surface area contributed by atoms with E-state index in [0.29, 0.717) is 26.8 Å². The minimum absolute atomic E-state index is 0.255. The second-order valence-electron chi connectivity index (χ2n) is 10.0. The van der Waals surface area contributed by atoms with Crippen molar-refractivity contribution in [1.29, 1.82) is 0 Å². The molecule has 9 nitrogen and oxygen atoms in total. The summed E-state index contributed by atoms with van der Waals surface area (Å²) in [5.41, 5.74) is 1.58. The van der Waals surface area contributed by atoms with Crippen LogP contribution in [0.3, 0.4) is 0 Å². The first-order valence-electron chi connectivity index (χ1n) is 12.4. The average molecular weight is 566 g/mol. The molecule has 0 radical (unpaired) electrons. The summed E-state index contributed by atoms with van der Waals surface area (Å²) >= 11 is 2.18. The van der Waals surface area contributed by atoms with Crippen molar-refractivity contribution in [2.45, 2.75) is 49.9 Å². The number of benzene rings is 2. The van der Waals surface area contributed by atoms with Crippen molar-refractivity contribution in [3.05, 3.63) is 74.2 Å². The summed E-state index contributed by atoms with van der Waals surface area (Å²) in [6, 6.07) is 13.5. The molecule has 5 rings (SSSR count). The van der Waals surface area contributed by atoms with Crippen molar-refractivity contribution < 1.29 is 23.9 Å². The number of nitrogens with zero attached hydrogens (tertiary/aromatic N) is 2. The van der Waals surface area contributed by atoms with E-state index in [1.54, 1.807) is 43.3 Å². The van der Waals surface area contributed by atoms with E-state index in [2.05, 4.69) is 5.32 Å². The van der Waals surface area contributed by atoms with Gasteiger partial charge in [-0.05, 0) is 50.2 Å². The van der Waals surface area contributed by atoms with Crippen LogP contribution in [0.1, 0.15) is 41.6 Å². The van der Waals surface area contributed by atoms with E-state index in [1.165, 1.54) is 21.2 Å². The Labute approximate surface area is 233 Å². The maximum absolute atomic E-state index is 13.6. The second-order valence-corrected chi connectivity index (χ2v) is 12.1. The fourth-order valence-electron chi connectivity index (χ4n) is 4.96. The first-order chi connectivity index (χ1) is 18.5. The molecule has 2 aliphatic rings. The third-order valence-corrected chi connectivity index (χ3v) is 9.80.